The van der Waals surface area contributed by atoms with E-state index in [0.29, 0.717) is 29.9 Å². The van der Waals surface area contributed by atoms with Crippen molar-refractivity contribution in [1.82, 2.24) is 9.29 Å². The van der Waals surface area contributed by atoms with Crippen LogP contribution >= 0.6 is 0 Å². The molecule has 0 unspecified atom stereocenters. The summed E-state index contributed by atoms with van der Waals surface area (Å²) in [7, 11) is -3.52. The molecule has 1 aromatic heterocycles. The van der Waals surface area contributed by atoms with Gasteiger partial charge in [0.05, 0.1) is 10.4 Å². The van der Waals surface area contributed by atoms with Crippen LogP contribution in [0.1, 0.15) is 49.5 Å². The van der Waals surface area contributed by atoms with Crippen molar-refractivity contribution in [2.24, 2.45) is 0 Å². The fourth-order valence-corrected chi connectivity index (χ4v) is 5.53. The number of carbonyl (C=O) groups excluding carboxylic acids is 1. The summed E-state index contributed by atoms with van der Waals surface area (Å²) in [4.78, 5) is 27.9. The number of anilines is 1. The summed E-state index contributed by atoms with van der Waals surface area (Å²) in [6.45, 7) is 7.20. The van der Waals surface area contributed by atoms with Crippen LogP contribution in [0.5, 0.6) is 0 Å². The first-order chi connectivity index (χ1) is 15.1. The lowest BCUT2D eigenvalue weighted by Gasteiger charge is -2.21. The third-order valence-electron chi connectivity index (χ3n) is 5.73. The number of sulfonamides is 1. The summed E-state index contributed by atoms with van der Waals surface area (Å²) in [6, 6.07) is 13.0. The van der Waals surface area contributed by atoms with E-state index in [1.54, 1.807) is 18.2 Å². The largest absolute Gasteiger partial charge is 0.322 e. The molecule has 8 heteroatoms. The number of fused-ring (bicyclic) bond motifs is 1. The Morgan fingerprint density at radius 2 is 1.66 bits per heavy atom. The van der Waals surface area contributed by atoms with Gasteiger partial charge in [-0.25, -0.2) is 8.42 Å². The molecule has 0 radical (unpaired) electrons. The number of benzene rings is 2. The zero-order valence-electron chi connectivity index (χ0n) is 18.4. The first-order valence-corrected chi connectivity index (χ1v) is 12.1. The van der Waals surface area contributed by atoms with Gasteiger partial charge in [-0.2, -0.15) is 4.31 Å². The molecule has 2 aromatic carbocycles. The SMILES string of the molecule is CC(C)(C)c1cc(=O)[nH]c2cc(NC(=O)c3ccc(S(=O)(=O)N4CCCC4)cc3)ccc12. The van der Waals surface area contributed by atoms with Gasteiger partial charge >= 0.3 is 0 Å². The van der Waals surface area contributed by atoms with Crippen molar-refractivity contribution in [3.05, 3.63) is 70.0 Å². The van der Waals surface area contributed by atoms with Crippen molar-refractivity contribution in [3.63, 3.8) is 0 Å². The molecular formula is C24H27N3O4S. The first-order valence-electron chi connectivity index (χ1n) is 10.6. The Bertz CT molecular complexity index is 1330. The van der Waals surface area contributed by atoms with Crippen molar-refractivity contribution in [1.29, 1.82) is 0 Å². The smallest absolute Gasteiger partial charge is 0.255 e. The second kappa shape index (κ2) is 8.18. The molecule has 0 spiro atoms. The number of hydrogen-bond acceptors (Lipinski definition) is 4. The van der Waals surface area contributed by atoms with Gasteiger partial charge in [-0.15, -0.1) is 0 Å². The van der Waals surface area contributed by atoms with Crippen molar-refractivity contribution in [2.75, 3.05) is 18.4 Å². The normalized spacial score (nSPS) is 15.2. The molecule has 3 aromatic rings. The summed E-state index contributed by atoms with van der Waals surface area (Å²) < 4.78 is 26.8. The molecular weight excluding hydrogens is 426 g/mol. The fraction of sp³-hybridized carbons (Fsp3) is 0.333. The standard InChI is InChI=1S/C24H27N3O4S/c1-24(2,3)20-15-22(28)26-21-14-17(8-11-19(20)21)25-23(29)16-6-9-18(10-7-16)32(30,31)27-12-4-5-13-27/h6-11,14-15H,4-5,12-13H2,1-3H3,(H,25,29)(H,26,28). The predicted molar refractivity (Wildman–Crippen MR) is 126 cm³/mol. The Kier molecular flexibility index (Phi) is 5.68. The number of aromatic nitrogens is 1. The lowest BCUT2D eigenvalue weighted by molar-refractivity contribution is 0.102. The third kappa shape index (κ3) is 4.33. The zero-order valence-corrected chi connectivity index (χ0v) is 19.3. The number of aromatic amines is 1. The number of H-pyrrole nitrogens is 1. The number of carbonyl (C=O) groups is 1. The van der Waals surface area contributed by atoms with Crippen LogP contribution in [0.4, 0.5) is 5.69 Å². The Morgan fingerprint density at radius 3 is 2.28 bits per heavy atom. The molecule has 7 nitrogen and oxygen atoms in total. The van der Waals surface area contributed by atoms with E-state index in [1.807, 2.05) is 26.8 Å². The molecule has 1 saturated heterocycles. The molecule has 1 aliphatic heterocycles. The van der Waals surface area contributed by atoms with E-state index in [4.69, 9.17) is 0 Å². The van der Waals surface area contributed by atoms with Gasteiger partial charge in [0, 0.05) is 35.8 Å². The minimum absolute atomic E-state index is 0.189. The zero-order chi connectivity index (χ0) is 23.1. The Labute approximate surface area is 187 Å². The van der Waals surface area contributed by atoms with Crippen LogP contribution in [-0.4, -0.2) is 36.7 Å². The average Bonchev–Trinajstić information content (AvgIpc) is 3.28. The quantitative estimate of drug-likeness (QED) is 0.626. The van der Waals surface area contributed by atoms with Crippen molar-refractivity contribution in [2.45, 2.75) is 43.9 Å². The van der Waals surface area contributed by atoms with Gasteiger partial charge in [-0.1, -0.05) is 26.8 Å². The molecule has 168 valence electrons. The maximum absolute atomic E-state index is 12.7. The number of nitrogens with one attached hydrogen (secondary N) is 2. The second-order valence-electron chi connectivity index (χ2n) is 9.15. The van der Waals surface area contributed by atoms with Gasteiger partial charge in [0.1, 0.15) is 0 Å². The average molecular weight is 454 g/mol. The molecule has 0 atom stereocenters. The summed E-state index contributed by atoms with van der Waals surface area (Å²) in [5, 5.41) is 3.74. The highest BCUT2D eigenvalue weighted by atomic mass is 32.2. The number of rotatable bonds is 4. The summed E-state index contributed by atoms with van der Waals surface area (Å²) in [5.41, 5.74) is 2.08. The van der Waals surface area contributed by atoms with Crippen LogP contribution in [0, 0.1) is 0 Å². The lowest BCUT2D eigenvalue weighted by atomic mass is 9.85. The van der Waals surface area contributed by atoms with Crippen LogP contribution in [0.3, 0.4) is 0 Å². The minimum atomic E-state index is -3.52. The minimum Gasteiger partial charge on any atom is -0.322 e. The Balaban J connectivity index is 1.57. The second-order valence-corrected chi connectivity index (χ2v) is 11.1. The van der Waals surface area contributed by atoms with Crippen LogP contribution in [0.25, 0.3) is 10.9 Å². The Hall–Kier alpha value is -2.97. The van der Waals surface area contributed by atoms with E-state index in [2.05, 4.69) is 10.3 Å². The molecule has 1 aliphatic rings. The maximum Gasteiger partial charge on any atom is 0.255 e. The summed E-state index contributed by atoms with van der Waals surface area (Å²) in [5.74, 6) is -0.358. The van der Waals surface area contributed by atoms with Gasteiger partial charge in [-0.3, -0.25) is 9.59 Å². The van der Waals surface area contributed by atoms with E-state index in [1.165, 1.54) is 28.6 Å². The molecule has 1 fully saturated rings. The third-order valence-corrected chi connectivity index (χ3v) is 7.64. The molecule has 2 N–H and O–H groups in total. The highest BCUT2D eigenvalue weighted by molar-refractivity contribution is 7.89. The molecule has 32 heavy (non-hydrogen) atoms. The summed E-state index contributed by atoms with van der Waals surface area (Å²) in [6.07, 6.45) is 1.74. The van der Waals surface area contributed by atoms with Gasteiger partial charge < -0.3 is 10.3 Å². The van der Waals surface area contributed by atoms with Crippen LogP contribution in [0.2, 0.25) is 0 Å². The number of nitrogens with zero attached hydrogens (tertiary/aromatic N) is 1. The lowest BCUT2D eigenvalue weighted by Crippen LogP contribution is -2.27. The van der Waals surface area contributed by atoms with Gasteiger partial charge in [-0.05, 0) is 60.2 Å². The number of pyridine rings is 1. The van der Waals surface area contributed by atoms with E-state index in [9.17, 15) is 18.0 Å². The molecule has 0 saturated carbocycles. The van der Waals surface area contributed by atoms with Crippen molar-refractivity contribution in [3.8, 4) is 0 Å². The van der Waals surface area contributed by atoms with Gasteiger partial charge in [0.2, 0.25) is 15.6 Å². The number of amides is 1. The first kappa shape index (κ1) is 22.2. The van der Waals surface area contributed by atoms with Gasteiger partial charge in [0.15, 0.2) is 0 Å². The van der Waals surface area contributed by atoms with Crippen LogP contribution in [-0.2, 0) is 15.4 Å². The monoisotopic (exact) mass is 453 g/mol. The highest BCUT2D eigenvalue weighted by Gasteiger charge is 2.27. The highest BCUT2D eigenvalue weighted by Crippen LogP contribution is 2.29. The molecule has 0 aliphatic carbocycles. The molecule has 0 bridgehead atoms. The van der Waals surface area contributed by atoms with Crippen molar-refractivity contribution >= 4 is 32.5 Å². The summed E-state index contributed by atoms with van der Waals surface area (Å²) >= 11 is 0. The molecule has 1 amide bonds. The van der Waals surface area contributed by atoms with Crippen molar-refractivity contribution < 1.29 is 13.2 Å². The fourth-order valence-electron chi connectivity index (χ4n) is 4.02. The predicted octanol–water partition coefficient (Wildman–Crippen LogP) is 3.86. The Morgan fingerprint density at radius 1 is 1.00 bits per heavy atom. The van der Waals surface area contributed by atoms with E-state index in [0.717, 1.165) is 23.8 Å². The van der Waals surface area contributed by atoms with E-state index in [-0.39, 0.29) is 21.8 Å². The maximum atomic E-state index is 12.7. The topological polar surface area (TPSA) is 99.3 Å². The van der Waals surface area contributed by atoms with E-state index < -0.39 is 10.0 Å². The molecule has 2 heterocycles. The number of hydrogen-bond donors (Lipinski definition) is 2. The van der Waals surface area contributed by atoms with Crippen LogP contribution < -0.4 is 10.9 Å². The van der Waals surface area contributed by atoms with Gasteiger partial charge in [0.25, 0.3) is 5.91 Å². The van der Waals surface area contributed by atoms with Crippen LogP contribution in [0.15, 0.2) is 58.2 Å². The van der Waals surface area contributed by atoms with E-state index >= 15 is 0 Å². The molecule has 4 rings (SSSR count).